The van der Waals surface area contributed by atoms with E-state index in [-0.39, 0.29) is 11.6 Å². The Morgan fingerprint density at radius 1 is 1.32 bits per heavy atom. The Morgan fingerprint density at radius 3 is 2.58 bits per heavy atom. The maximum Gasteiger partial charge on any atom is 0.191 e. The van der Waals surface area contributed by atoms with Crippen molar-refractivity contribution in [1.29, 1.82) is 0 Å². The molecule has 1 aromatic heterocycles. The molecule has 0 amide bonds. The average Bonchev–Trinajstić information content (AvgIpc) is 2.70. The fourth-order valence-corrected chi connectivity index (χ4v) is 2.36. The predicted molar refractivity (Wildman–Crippen MR) is 71.6 cm³/mol. The molecule has 1 aromatic carbocycles. The van der Waals surface area contributed by atoms with Crippen LogP contribution in [0.15, 0.2) is 29.4 Å². The van der Waals surface area contributed by atoms with Crippen molar-refractivity contribution in [2.45, 2.75) is 18.5 Å². The van der Waals surface area contributed by atoms with Crippen LogP contribution in [0.1, 0.15) is 11.4 Å². The fourth-order valence-electron chi connectivity index (χ4n) is 1.54. The van der Waals surface area contributed by atoms with Gasteiger partial charge < -0.3 is 4.57 Å². The van der Waals surface area contributed by atoms with Gasteiger partial charge in [-0.05, 0) is 24.6 Å². The van der Waals surface area contributed by atoms with Crippen LogP contribution in [-0.2, 0) is 18.3 Å². The van der Waals surface area contributed by atoms with Crippen molar-refractivity contribution in [3.63, 3.8) is 0 Å². The molecule has 0 N–H and O–H groups in total. The van der Waals surface area contributed by atoms with Crippen LogP contribution >= 0.6 is 11.8 Å². The number of nitrogens with zero attached hydrogens (tertiary/aromatic N) is 3. The van der Waals surface area contributed by atoms with Gasteiger partial charge in [0.25, 0.3) is 0 Å². The molecule has 0 fully saturated rings. The van der Waals surface area contributed by atoms with Gasteiger partial charge in [0.15, 0.2) is 5.16 Å². The second-order valence-electron chi connectivity index (χ2n) is 4.22. The topological polar surface area (TPSA) is 47.8 Å². The molecule has 1 heterocycles. The predicted octanol–water partition coefficient (Wildman–Crippen LogP) is 2.17. The molecule has 6 heteroatoms. The molecular weight excluding hydrogens is 265 g/mol. The summed E-state index contributed by atoms with van der Waals surface area (Å²) in [5, 5.41) is 8.63. The maximum atomic E-state index is 12.7. The van der Waals surface area contributed by atoms with Crippen LogP contribution in [0.3, 0.4) is 0 Å². The molecule has 0 aliphatic heterocycles. The van der Waals surface area contributed by atoms with Crippen LogP contribution in [0.2, 0.25) is 0 Å². The summed E-state index contributed by atoms with van der Waals surface area (Å²) in [5.41, 5.74) is 0.821. The van der Waals surface area contributed by atoms with E-state index in [1.165, 1.54) is 23.9 Å². The summed E-state index contributed by atoms with van der Waals surface area (Å²) < 4.78 is 14.6. The molecule has 0 unspecified atom stereocenters. The van der Waals surface area contributed by atoms with Crippen LogP contribution in [0.4, 0.5) is 4.39 Å². The van der Waals surface area contributed by atoms with E-state index in [1.807, 2.05) is 18.5 Å². The van der Waals surface area contributed by atoms with Gasteiger partial charge >= 0.3 is 0 Å². The highest BCUT2D eigenvalue weighted by Crippen LogP contribution is 2.16. The van der Waals surface area contributed by atoms with Gasteiger partial charge in [0, 0.05) is 13.5 Å². The molecule has 100 valence electrons. The van der Waals surface area contributed by atoms with Crippen LogP contribution in [0, 0.1) is 12.7 Å². The molecule has 0 saturated carbocycles. The van der Waals surface area contributed by atoms with Gasteiger partial charge in [0.2, 0.25) is 0 Å². The number of rotatable bonds is 5. The second kappa shape index (κ2) is 5.97. The van der Waals surface area contributed by atoms with E-state index in [0.717, 1.165) is 16.5 Å². The molecule has 0 aliphatic carbocycles. The van der Waals surface area contributed by atoms with Crippen molar-refractivity contribution < 1.29 is 9.18 Å². The number of hydrogen-bond acceptors (Lipinski definition) is 4. The van der Waals surface area contributed by atoms with Gasteiger partial charge in [-0.25, -0.2) is 4.39 Å². The Balaban J connectivity index is 1.88. The Labute approximate surface area is 115 Å². The minimum atomic E-state index is -0.292. The number of hydrogen-bond donors (Lipinski definition) is 0. The van der Waals surface area contributed by atoms with Gasteiger partial charge in [0.1, 0.15) is 17.4 Å². The molecule has 0 spiro atoms. The molecule has 0 saturated heterocycles. The minimum Gasteiger partial charge on any atom is -0.309 e. The molecule has 0 radical (unpaired) electrons. The van der Waals surface area contributed by atoms with Crippen LogP contribution in [0.5, 0.6) is 0 Å². The first-order valence-corrected chi connectivity index (χ1v) is 6.80. The highest BCUT2D eigenvalue weighted by molar-refractivity contribution is 7.99. The van der Waals surface area contributed by atoms with Crippen LogP contribution in [-0.4, -0.2) is 26.3 Å². The van der Waals surface area contributed by atoms with Crippen molar-refractivity contribution >= 4 is 17.5 Å². The SMILES string of the molecule is Cc1nnc(SCC(=O)Cc2ccc(F)cc2)n1C. The zero-order chi connectivity index (χ0) is 13.8. The first-order valence-electron chi connectivity index (χ1n) is 5.81. The summed E-state index contributed by atoms with van der Waals surface area (Å²) >= 11 is 1.36. The number of Topliss-reactive ketones (excluding diaryl/α,β-unsaturated/α-hetero) is 1. The fraction of sp³-hybridized carbons (Fsp3) is 0.308. The highest BCUT2D eigenvalue weighted by atomic mass is 32.2. The van der Waals surface area contributed by atoms with Gasteiger partial charge in [-0.3, -0.25) is 4.79 Å². The summed E-state index contributed by atoms with van der Waals surface area (Å²) in [5.74, 6) is 0.939. The Hall–Kier alpha value is -1.69. The Morgan fingerprint density at radius 2 is 2.00 bits per heavy atom. The summed E-state index contributed by atoms with van der Waals surface area (Å²) in [6, 6.07) is 5.98. The van der Waals surface area contributed by atoms with Crippen molar-refractivity contribution in [3.05, 3.63) is 41.5 Å². The summed E-state index contributed by atoms with van der Waals surface area (Å²) in [7, 11) is 1.86. The number of benzene rings is 1. The number of carbonyl (C=O) groups excluding carboxylic acids is 1. The number of ketones is 1. The lowest BCUT2D eigenvalue weighted by atomic mass is 10.1. The average molecular weight is 279 g/mol. The second-order valence-corrected chi connectivity index (χ2v) is 5.16. The van der Waals surface area contributed by atoms with Crippen LogP contribution < -0.4 is 0 Å². The summed E-state index contributed by atoms with van der Waals surface area (Å²) in [6.45, 7) is 1.86. The number of carbonyl (C=O) groups is 1. The molecular formula is C13H14FN3OS. The Bertz CT molecular complexity index is 580. The summed E-state index contributed by atoms with van der Waals surface area (Å²) in [6.07, 6.45) is 0.310. The van der Waals surface area contributed by atoms with Gasteiger partial charge in [-0.15, -0.1) is 10.2 Å². The van der Waals surface area contributed by atoms with Gasteiger partial charge in [-0.2, -0.15) is 0 Å². The molecule has 0 aliphatic rings. The van der Waals surface area contributed by atoms with E-state index >= 15 is 0 Å². The lowest BCUT2D eigenvalue weighted by Gasteiger charge is -2.02. The monoisotopic (exact) mass is 279 g/mol. The number of aryl methyl sites for hydroxylation is 1. The van der Waals surface area contributed by atoms with Crippen molar-refractivity contribution in [2.24, 2.45) is 7.05 Å². The number of aromatic nitrogens is 3. The summed E-state index contributed by atoms with van der Waals surface area (Å²) in [4.78, 5) is 11.8. The molecule has 2 aromatic rings. The third-order valence-electron chi connectivity index (χ3n) is 2.73. The smallest absolute Gasteiger partial charge is 0.191 e. The minimum absolute atomic E-state index is 0.0808. The lowest BCUT2D eigenvalue weighted by molar-refractivity contribution is -0.116. The Kier molecular flexibility index (Phi) is 4.31. The third kappa shape index (κ3) is 3.64. The first kappa shape index (κ1) is 13.7. The van der Waals surface area contributed by atoms with Gasteiger partial charge in [0.05, 0.1) is 5.75 Å². The molecule has 0 bridgehead atoms. The highest BCUT2D eigenvalue weighted by Gasteiger charge is 2.09. The van der Waals surface area contributed by atoms with Crippen molar-refractivity contribution in [1.82, 2.24) is 14.8 Å². The molecule has 0 atom stereocenters. The quantitative estimate of drug-likeness (QED) is 0.787. The maximum absolute atomic E-state index is 12.7. The number of thioether (sulfide) groups is 1. The zero-order valence-electron chi connectivity index (χ0n) is 10.8. The van der Waals surface area contributed by atoms with E-state index in [9.17, 15) is 9.18 Å². The number of halogens is 1. The standard InChI is InChI=1S/C13H14FN3OS/c1-9-15-16-13(17(9)2)19-8-12(18)7-10-3-5-11(14)6-4-10/h3-6H,7-8H2,1-2H3. The largest absolute Gasteiger partial charge is 0.309 e. The van der Waals surface area contributed by atoms with E-state index < -0.39 is 0 Å². The van der Waals surface area contributed by atoms with E-state index in [0.29, 0.717) is 12.2 Å². The lowest BCUT2D eigenvalue weighted by Crippen LogP contribution is -2.06. The van der Waals surface area contributed by atoms with Crippen molar-refractivity contribution in [2.75, 3.05) is 5.75 Å². The van der Waals surface area contributed by atoms with E-state index in [4.69, 9.17) is 0 Å². The van der Waals surface area contributed by atoms with Crippen LogP contribution in [0.25, 0.3) is 0 Å². The molecule has 19 heavy (non-hydrogen) atoms. The normalized spacial score (nSPS) is 10.7. The van der Waals surface area contributed by atoms with E-state index in [2.05, 4.69) is 10.2 Å². The van der Waals surface area contributed by atoms with Gasteiger partial charge in [-0.1, -0.05) is 23.9 Å². The zero-order valence-corrected chi connectivity index (χ0v) is 11.6. The first-order chi connectivity index (χ1) is 9.06. The van der Waals surface area contributed by atoms with E-state index in [1.54, 1.807) is 12.1 Å². The molecule has 4 nitrogen and oxygen atoms in total. The van der Waals surface area contributed by atoms with Crippen molar-refractivity contribution in [3.8, 4) is 0 Å². The third-order valence-corrected chi connectivity index (χ3v) is 3.81. The molecule has 2 rings (SSSR count).